The smallest absolute Gasteiger partial charge is 0.356 e. The molecule has 1 aliphatic heterocycles. The molecule has 0 amide bonds. The van der Waals surface area contributed by atoms with E-state index in [-0.39, 0.29) is 5.56 Å². The molecule has 22 heavy (non-hydrogen) atoms. The van der Waals surface area contributed by atoms with E-state index < -0.39 is 5.63 Å². The van der Waals surface area contributed by atoms with Gasteiger partial charge < -0.3 is 14.1 Å². The Bertz CT molecular complexity index is 766. The van der Waals surface area contributed by atoms with Crippen LogP contribution >= 0.6 is 0 Å². The summed E-state index contributed by atoms with van der Waals surface area (Å²) in [6, 6.07) is 11.0. The second-order valence-electron chi connectivity index (χ2n) is 5.19. The van der Waals surface area contributed by atoms with E-state index in [2.05, 4.69) is 4.90 Å². The molecule has 2 heterocycles. The molecular weight excluding hydrogens is 280 g/mol. The summed E-state index contributed by atoms with van der Waals surface area (Å²) in [5.41, 5.74) is 0.946. The first-order valence-electron chi connectivity index (χ1n) is 7.20. The van der Waals surface area contributed by atoms with Gasteiger partial charge in [-0.1, -0.05) is 0 Å². The third-order valence-corrected chi connectivity index (χ3v) is 3.86. The molecule has 0 saturated carbocycles. The first-order valence-corrected chi connectivity index (χ1v) is 7.20. The molecule has 0 aliphatic carbocycles. The maximum absolute atomic E-state index is 12.1. The summed E-state index contributed by atoms with van der Waals surface area (Å²) in [6.07, 6.45) is 2.14. The highest BCUT2D eigenvalue weighted by Gasteiger charge is 2.20. The molecule has 0 radical (unpaired) electrons. The zero-order valence-electron chi connectivity index (χ0n) is 12.3. The number of ether oxygens (including phenoxy) is 1. The topological polar surface area (TPSA) is 66.5 Å². The molecule has 1 aromatic heterocycles. The van der Waals surface area contributed by atoms with E-state index in [0.29, 0.717) is 11.4 Å². The van der Waals surface area contributed by atoms with Gasteiger partial charge >= 0.3 is 5.63 Å². The quantitative estimate of drug-likeness (QED) is 0.871. The zero-order chi connectivity index (χ0) is 15.5. The van der Waals surface area contributed by atoms with Gasteiger partial charge in [0.05, 0.1) is 12.8 Å². The lowest BCUT2D eigenvalue weighted by Gasteiger charge is -2.18. The molecule has 2 aromatic rings. The minimum Gasteiger partial charge on any atom is -0.497 e. The Morgan fingerprint density at radius 1 is 1.23 bits per heavy atom. The predicted octanol–water partition coefficient (Wildman–Crippen LogP) is 2.79. The van der Waals surface area contributed by atoms with E-state index in [4.69, 9.17) is 9.15 Å². The lowest BCUT2D eigenvalue weighted by atomic mass is 10.1. The monoisotopic (exact) mass is 296 g/mol. The van der Waals surface area contributed by atoms with Gasteiger partial charge in [-0.15, -0.1) is 0 Å². The molecule has 0 N–H and O–H groups in total. The van der Waals surface area contributed by atoms with Crippen molar-refractivity contribution in [3.8, 4) is 23.1 Å². The lowest BCUT2D eigenvalue weighted by Crippen LogP contribution is -2.22. The van der Waals surface area contributed by atoms with Crippen LogP contribution in [0.25, 0.3) is 11.3 Å². The second-order valence-corrected chi connectivity index (χ2v) is 5.19. The standard InChI is InChI=1S/C17H16N2O3/c1-21-13-6-4-12(5-7-13)16-10-15(19-8-2-3-9-19)14(11-18)17(20)22-16/h4-7,10H,2-3,8-9H2,1H3. The van der Waals surface area contributed by atoms with Crippen molar-refractivity contribution in [2.45, 2.75) is 12.8 Å². The van der Waals surface area contributed by atoms with Crippen molar-refractivity contribution in [1.29, 1.82) is 5.26 Å². The van der Waals surface area contributed by atoms with Crippen molar-refractivity contribution in [2.75, 3.05) is 25.1 Å². The summed E-state index contributed by atoms with van der Waals surface area (Å²) in [6.45, 7) is 1.72. The number of hydrogen-bond acceptors (Lipinski definition) is 5. The van der Waals surface area contributed by atoms with E-state index >= 15 is 0 Å². The van der Waals surface area contributed by atoms with Crippen LogP contribution in [-0.4, -0.2) is 20.2 Å². The van der Waals surface area contributed by atoms with Crippen LogP contribution < -0.4 is 15.3 Å². The molecule has 0 spiro atoms. The number of rotatable bonds is 3. The van der Waals surface area contributed by atoms with E-state index in [1.54, 1.807) is 13.2 Å². The van der Waals surface area contributed by atoms with Crippen LogP contribution in [0.1, 0.15) is 18.4 Å². The number of hydrogen-bond donors (Lipinski definition) is 0. The summed E-state index contributed by atoms with van der Waals surface area (Å²) in [5, 5.41) is 9.24. The Balaban J connectivity index is 2.08. The van der Waals surface area contributed by atoms with Crippen LogP contribution in [0.2, 0.25) is 0 Å². The normalized spacial score (nSPS) is 13.9. The Kier molecular flexibility index (Phi) is 3.84. The molecule has 112 valence electrons. The van der Waals surface area contributed by atoms with Crippen molar-refractivity contribution in [3.05, 3.63) is 46.3 Å². The van der Waals surface area contributed by atoms with Crippen LogP contribution in [0, 0.1) is 11.3 Å². The van der Waals surface area contributed by atoms with E-state index in [1.807, 2.05) is 30.3 Å². The molecule has 0 atom stereocenters. The van der Waals surface area contributed by atoms with Crippen molar-refractivity contribution in [1.82, 2.24) is 0 Å². The highest BCUT2D eigenvalue weighted by Crippen LogP contribution is 2.29. The average molecular weight is 296 g/mol. The van der Waals surface area contributed by atoms with Gasteiger partial charge in [-0.25, -0.2) is 4.79 Å². The number of nitriles is 1. The van der Waals surface area contributed by atoms with Crippen molar-refractivity contribution < 1.29 is 9.15 Å². The first kappa shape index (κ1) is 14.2. The predicted molar refractivity (Wildman–Crippen MR) is 83.1 cm³/mol. The fourth-order valence-electron chi connectivity index (χ4n) is 2.69. The minimum absolute atomic E-state index is 0.0826. The molecule has 1 aromatic carbocycles. The van der Waals surface area contributed by atoms with Gasteiger partial charge in [0.2, 0.25) is 0 Å². The maximum Gasteiger partial charge on any atom is 0.356 e. The van der Waals surface area contributed by atoms with E-state index in [1.165, 1.54) is 0 Å². The SMILES string of the molecule is COc1ccc(-c2cc(N3CCCC3)c(C#N)c(=O)o2)cc1. The highest BCUT2D eigenvalue weighted by atomic mass is 16.5. The molecule has 0 unspecified atom stereocenters. The molecule has 1 fully saturated rings. The molecule has 1 saturated heterocycles. The first-order chi connectivity index (χ1) is 10.7. The van der Waals surface area contributed by atoms with Gasteiger partial charge in [0, 0.05) is 24.7 Å². The summed E-state index contributed by atoms with van der Waals surface area (Å²) in [7, 11) is 1.60. The van der Waals surface area contributed by atoms with Crippen LogP contribution in [0.15, 0.2) is 39.5 Å². The fraction of sp³-hybridized carbons (Fsp3) is 0.294. The van der Waals surface area contributed by atoms with Gasteiger partial charge in [-0.2, -0.15) is 5.26 Å². The fourth-order valence-corrected chi connectivity index (χ4v) is 2.69. The van der Waals surface area contributed by atoms with Crippen molar-refractivity contribution in [2.24, 2.45) is 0 Å². The van der Waals surface area contributed by atoms with Gasteiger partial charge in [-0.3, -0.25) is 0 Å². The number of nitrogens with zero attached hydrogens (tertiary/aromatic N) is 2. The lowest BCUT2D eigenvalue weighted by molar-refractivity contribution is 0.415. The summed E-state index contributed by atoms with van der Waals surface area (Å²) < 4.78 is 10.4. The third-order valence-electron chi connectivity index (χ3n) is 3.86. The van der Waals surface area contributed by atoms with Crippen LogP contribution in [0.3, 0.4) is 0 Å². The van der Waals surface area contributed by atoms with Crippen LogP contribution in [0.5, 0.6) is 5.75 Å². The number of benzene rings is 1. The molecule has 5 nitrogen and oxygen atoms in total. The minimum atomic E-state index is -0.585. The van der Waals surface area contributed by atoms with Gasteiger partial charge in [0.25, 0.3) is 0 Å². The van der Waals surface area contributed by atoms with Crippen LogP contribution in [-0.2, 0) is 0 Å². The molecule has 0 bridgehead atoms. The van der Waals surface area contributed by atoms with Crippen molar-refractivity contribution >= 4 is 5.69 Å². The van der Waals surface area contributed by atoms with E-state index in [0.717, 1.165) is 37.2 Å². The largest absolute Gasteiger partial charge is 0.497 e. The highest BCUT2D eigenvalue weighted by molar-refractivity contribution is 5.68. The molecule has 3 rings (SSSR count). The second kappa shape index (κ2) is 5.94. The molecule has 1 aliphatic rings. The number of methoxy groups -OCH3 is 1. The third kappa shape index (κ3) is 2.56. The Labute approximate surface area is 128 Å². The average Bonchev–Trinajstić information content (AvgIpc) is 3.08. The summed E-state index contributed by atoms with van der Waals surface area (Å²) in [4.78, 5) is 14.2. The number of anilines is 1. The van der Waals surface area contributed by atoms with Gasteiger partial charge in [0.15, 0.2) is 5.56 Å². The zero-order valence-corrected chi connectivity index (χ0v) is 12.3. The van der Waals surface area contributed by atoms with E-state index in [9.17, 15) is 10.1 Å². The summed E-state index contributed by atoms with van der Waals surface area (Å²) in [5.74, 6) is 1.20. The Hall–Kier alpha value is -2.74. The molecular formula is C17H16N2O3. The Morgan fingerprint density at radius 2 is 1.91 bits per heavy atom. The maximum atomic E-state index is 12.1. The summed E-state index contributed by atoms with van der Waals surface area (Å²) >= 11 is 0. The van der Waals surface area contributed by atoms with Gasteiger partial charge in [0.1, 0.15) is 17.6 Å². The van der Waals surface area contributed by atoms with Crippen LogP contribution in [0.4, 0.5) is 5.69 Å². The van der Waals surface area contributed by atoms with Gasteiger partial charge in [-0.05, 0) is 37.1 Å². The Morgan fingerprint density at radius 3 is 2.50 bits per heavy atom. The molecule has 5 heteroatoms. The van der Waals surface area contributed by atoms with Crippen molar-refractivity contribution in [3.63, 3.8) is 0 Å².